The molecule has 0 spiro atoms. The molecule has 0 radical (unpaired) electrons. The van der Waals surface area contributed by atoms with Gasteiger partial charge in [0.25, 0.3) is 0 Å². The molecular formula is C19H24N4O2. The summed E-state index contributed by atoms with van der Waals surface area (Å²) < 4.78 is 1.81. The minimum atomic E-state index is -0.451. The topological polar surface area (TPSA) is 79.2 Å². The zero-order chi connectivity index (χ0) is 17.4. The van der Waals surface area contributed by atoms with Gasteiger partial charge in [-0.05, 0) is 51.2 Å². The van der Waals surface area contributed by atoms with Crippen molar-refractivity contribution in [3.63, 3.8) is 0 Å². The molecule has 6 nitrogen and oxygen atoms in total. The number of anilines is 1. The molecule has 0 bridgehead atoms. The summed E-state index contributed by atoms with van der Waals surface area (Å²) in [4.78, 5) is 12.5. The van der Waals surface area contributed by atoms with Crippen molar-refractivity contribution in [2.75, 3.05) is 5.32 Å². The Morgan fingerprint density at radius 2 is 1.96 bits per heavy atom. The van der Waals surface area contributed by atoms with Gasteiger partial charge in [0.05, 0.1) is 23.5 Å². The zero-order valence-corrected chi connectivity index (χ0v) is 14.4. The molecule has 2 saturated carbocycles. The maximum absolute atomic E-state index is 12.5. The fraction of sp³-hybridized carbons (Fsp3) is 0.474. The van der Waals surface area contributed by atoms with Gasteiger partial charge in [0.15, 0.2) is 0 Å². The number of aromatic nitrogens is 2. The van der Waals surface area contributed by atoms with Gasteiger partial charge in [0, 0.05) is 11.5 Å². The number of nitrogens with zero attached hydrogens (tertiary/aromatic N) is 2. The number of aliphatic hydroxyl groups is 1. The van der Waals surface area contributed by atoms with E-state index in [-0.39, 0.29) is 12.1 Å². The number of hydrogen-bond acceptors (Lipinski definition) is 3. The fourth-order valence-electron chi connectivity index (χ4n) is 3.58. The number of aliphatic hydroxyl groups excluding tert-OH is 1. The number of urea groups is 1. The van der Waals surface area contributed by atoms with Crippen molar-refractivity contribution in [1.29, 1.82) is 0 Å². The van der Waals surface area contributed by atoms with Gasteiger partial charge in [-0.25, -0.2) is 9.48 Å². The molecule has 0 aliphatic heterocycles. The van der Waals surface area contributed by atoms with E-state index in [1.807, 2.05) is 41.9 Å². The molecule has 132 valence electrons. The minimum Gasteiger partial charge on any atom is -0.391 e. The van der Waals surface area contributed by atoms with Crippen molar-refractivity contribution in [1.82, 2.24) is 15.1 Å². The number of hydrogen-bond donors (Lipinski definition) is 3. The molecule has 2 aliphatic rings. The summed E-state index contributed by atoms with van der Waals surface area (Å²) in [5, 5.41) is 20.5. The maximum atomic E-state index is 12.5. The number of para-hydroxylation sites is 1. The summed E-state index contributed by atoms with van der Waals surface area (Å²) in [6.07, 6.45) is 4.38. The summed E-state index contributed by atoms with van der Waals surface area (Å²) >= 11 is 0. The summed E-state index contributed by atoms with van der Waals surface area (Å²) in [5.41, 5.74) is 3.02. The lowest BCUT2D eigenvalue weighted by molar-refractivity contribution is 0.151. The van der Waals surface area contributed by atoms with Crippen LogP contribution in [0.3, 0.4) is 0 Å². The number of rotatable bonds is 4. The van der Waals surface area contributed by atoms with E-state index >= 15 is 0 Å². The molecule has 25 heavy (non-hydrogen) atoms. The van der Waals surface area contributed by atoms with Crippen LogP contribution in [0.25, 0.3) is 5.69 Å². The molecular weight excluding hydrogens is 316 g/mol. The number of amides is 2. The van der Waals surface area contributed by atoms with Gasteiger partial charge in [-0.1, -0.05) is 18.2 Å². The first-order valence-corrected chi connectivity index (χ1v) is 9.04. The first-order chi connectivity index (χ1) is 12.1. The molecule has 2 aromatic rings. The van der Waals surface area contributed by atoms with E-state index < -0.39 is 6.10 Å². The van der Waals surface area contributed by atoms with Crippen molar-refractivity contribution in [2.45, 2.75) is 57.1 Å². The van der Waals surface area contributed by atoms with Crippen LogP contribution >= 0.6 is 0 Å². The van der Waals surface area contributed by atoms with Crippen LogP contribution in [0.1, 0.15) is 49.3 Å². The van der Waals surface area contributed by atoms with Crippen LogP contribution in [0.5, 0.6) is 0 Å². The molecule has 2 atom stereocenters. The van der Waals surface area contributed by atoms with Gasteiger partial charge in [-0.3, -0.25) is 5.32 Å². The zero-order valence-electron chi connectivity index (χ0n) is 14.4. The average Bonchev–Trinajstić information content (AvgIpc) is 3.31. The highest BCUT2D eigenvalue weighted by molar-refractivity contribution is 5.90. The lowest BCUT2D eigenvalue weighted by atomic mass is 10.2. The molecule has 6 heteroatoms. The Balaban J connectivity index is 1.60. The summed E-state index contributed by atoms with van der Waals surface area (Å²) in [7, 11) is 0. The van der Waals surface area contributed by atoms with Crippen molar-refractivity contribution >= 4 is 11.8 Å². The third-order valence-electron chi connectivity index (χ3n) is 5.15. The van der Waals surface area contributed by atoms with Crippen molar-refractivity contribution < 1.29 is 9.90 Å². The number of nitrogens with one attached hydrogen (secondary N) is 2. The van der Waals surface area contributed by atoms with E-state index in [0.29, 0.717) is 11.7 Å². The average molecular weight is 340 g/mol. The highest BCUT2D eigenvalue weighted by atomic mass is 16.3. The van der Waals surface area contributed by atoms with Crippen molar-refractivity contribution in [3.8, 4) is 5.69 Å². The highest BCUT2D eigenvalue weighted by Crippen LogP contribution is 2.42. The monoisotopic (exact) mass is 340 g/mol. The van der Waals surface area contributed by atoms with Gasteiger partial charge in [-0.15, -0.1) is 0 Å². The van der Waals surface area contributed by atoms with E-state index in [4.69, 9.17) is 5.10 Å². The Hall–Kier alpha value is -2.34. The standard InChI is InChI=1S/C19H24N4O2/c1-12-17(13-10-11-13)22-23(14-6-3-2-4-7-14)18(12)21-19(25)20-15-8-5-9-16(15)24/h2-4,6-7,13,15-16,24H,5,8-11H2,1H3,(H2,20,21,25)/t15-,16+/m1/s1. The van der Waals surface area contributed by atoms with Gasteiger partial charge < -0.3 is 10.4 Å². The van der Waals surface area contributed by atoms with Crippen LogP contribution in [0.4, 0.5) is 10.6 Å². The van der Waals surface area contributed by atoms with Gasteiger partial charge >= 0.3 is 6.03 Å². The van der Waals surface area contributed by atoms with Gasteiger partial charge in [-0.2, -0.15) is 5.10 Å². The van der Waals surface area contributed by atoms with Crippen LogP contribution < -0.4 is 10.6 Å². The number of benzene rings is 1. The highest BCUT2D eigenvalue weighted by Gasteiger charge is 2.32. The molecule has 2 amide bonds. The predicted octanol–water partition coefficient (Wildman–Crippen LogP) is 3.09. The van der Waals surface area contributed by atoms with Gasteiger partial charge in [0.2, 0.25) is 0 Å². The molecule has 1 aromatic heterocycles. The number of carbonyl (C=O) groups excluding carboxylic acids is 1. The fourth-order valence-corrected chi connectivity index (χ4v) is 3.58. The largest absolute Gasteiger partial charge is 0.391 e. The van der Waals surface area contributed by atoms with Crippen molar-refractivity contribution in [3.05, 3.63) is 41.6 Å². The van der Waals surface area contributed by atoms with E-state index in [1.54, 1.807) is 0 Å². The lowest BCUT2D eigenvalue weighted by Crippen LogP contribution is -2.42. The Kier molecular flexibility index (Phi) is 4.21. The maximum Gasteiger partial charge on any atom is 0.320 e. The van der Waals surface area contributed by atoms with Crippen LogP contribution in [0.15, 0.2) is 30.3 Å². The quantitative estimate of drug-likeness (QED) is 0.800. The molecule has 1 heterocycles. The van der Waals surface area contributed by atoms with Crippen LogP contribution in [-0.4, -0.2) is 33.1 Å². The predicted molar refractivity (Wildman–Crippen MR) is 96.1 cm³/mol. The second kappa shape index (κ2) is 6.52. The van der Waals surface area contributed by atoms with Crippen LogP contribution in [0, 0.1) is 6.92 Å². The first-order valence-electron chi connectivity index (χ1n) is 9.04. The van der Waals surface area contributed by atoms with Crippen molar-refractivity contribution in [2.24, 2.45) is 0 Å². The number of carbonyl (C=O) groups is 1. The summed E-state index contributed by atoms with van der Waals surface area (Å²) in [6, 6.07) is 9.39. The summed E-state index contributed by atoms with van der Waals surface area (Å²) in [5.74, 6) is 1.21. The Labute approximate surface area is 147 Å². The molecule has 0 unspecified atom stereocenters. The third kappa shape index (κ3) is 3.26. The van der Waals surface area contributed by atoms with E-state index in [9.17, 15) is 9.90 Å². The molecule has 2 aliphatic carbocycles. The molecule has 1 aromatic carbocycles. The molecule has 4 rings (SSSR count). The van der Waals surface area contributed by atoms with Gasteiger partial charge in [0.1, 0.15) is 5.82 Å². The van der Waals surface area contributed by atoms with E-state index in [2.05, 4.69) is 10.6 Å². The normalized spacial score (nSPS) is 22.8. The Bertz CT molecular complexity index is 767. The Morgan fingerprint density at radius 1 is 1.20 bits per heavy atom. The minimum absolute atomic E-state index is 0.170. The van der Waals surface area contributed by atoms with E-state index in [1.165, 1.54) is 0 Å². The second-order valence-corrected chi connectivity index (χ2v) is 7.08. The van der Waals surface area contributed by atoms with Crippen LogP contribution in [0.2, 0.25) is 0 Å². The molecule has 3 N–H and O–H groups in total. The smallest absolute Gasteiger partial charge is 0.320 e. The molecule has 0 saturated heterocycles. The lowest BCUT2D eigenvalue weighted by Gasteiger charge is -2.17. The Morgan fingerprint density at radius 3 is 2.60 bits per heavy atom. The van der Waals surface area contributed by atoms with E-state index in [0.717, 1.165) is 49.0 Å². The summed E-state index contributed by atoms with van der Waals surface area (Å²) in [6.45, 7) is 2.01. The third-order valence-corrected chi connectivity index (χ3v) is 5.15. The first kappa shape index (κ1) is 16.1. The van der Waals surface area contributed by atoms with Crippen LogP contribution in [-0.2, 0) is 0 Å². The SMILES string of the molecule is Cc1c(C2CC2)nn(-c2ccccc2)c1NC(=O)N[C@@H]1CCC[C@@H]1O. The molecule has 2 fully saturated rings. The second-order valence-electron chi connectivity index (χ2n) is 7.08.